The highest BCUT2D eigenvalue weighted by molar-refractivity contribution is 8.00. The van der Waals surface area contributed by atoms with Crippen molar-refractivity contribution in [2.75, 3.05) is 18.4 Å². The topological polar surface area (TPSA) is 69.6 Å². The zero-order valence-electron chi connectivity index (χ0n) is 14.8. The van der Waals surface area contributed by atoms with Crippen molar-refractivity contribution in [1.82, 2.24) is 4.90 Å². The molecule has 0 bridgehead atoms. The van der Waals surface area contributed by atoms with E-state index in [2.05, 4.69) is 32.2 Å². The second-order valence-electron chi connectivity index (χ2n) is 7.24. The van der Waals surface area contributed by atoms with Gasteiger partial charge < -0.3 is 15.3 Å². The Labute approximate surface area is 147 Å². The lowest BCUT2D eigenvalue weighted by atomic mass is 9.99. The summed E-state index contributed by atoms with van der Waals surface area (Å²) in [5.41, 5.74) is 1.78. The van der Waals surface area contributed by atoms with E-state index < -0.39 is 11.9 Å². The van der Waals surface area contributed by atoms with Crippen LogP contribution in [0.25, 0.3) is 0 Å². The Hall–Kier alpha value is -1.69. The number of hydrogen-bond acceptors (Lipinski definition) is 3. The van der Waals surface area contributed by atoms with Gasteiger partial charge in [0, 0.05) is 28.4 Å². The van der Waals surface area contributed by atoms with Crippen molar-refractivity contribution >= 4 is 29.4 Å². The van der Waals surface area contributed by atoms with Gasteiger partial charge in [0.25, 0.3) is 0 Å². The Bertz CT molecular complexity index is 625. The van der Waals surface area contributed by atoms with Crippen molar-refractivity contribution in [1.29, 1.82) is 0 Å². The fraction of sp³-hybridized carbons (Fsp3) is 0.556. The van der Waals surface area contributed by atoms with Gasteiger partial charge in [-0.05, 0) is 43.5 Å². The van der Waals surface area contributed by atoms with Gasteiger partial charge in [-0.15, -0.1) is 11.8 Å². The number of benzene rings is 1. The van der Waals surface area contributed by atoms with Crippen LogP contribution in [0.15, 0.2) is 23.1 Å². The van der Waals surface area contributed by atoms with Gasteiger partial charge in [0.05, 0.1) is 5.92 Å². The number of carboxylic acid groups (broad SMARTS) is 1. The van der Waals surface area contributed by atoms with E-state index in [1.165, 1.54) is 4.90 Å². The number of urea groups is 1. The van der Waals surface area contributed by atoms with E-state index >= 15 is 0 Å². The monoisotopic (exact) mass is 350 g/mol. The van der Waals surface area contributed by atoms with Gasteiger partial charge in [0.15, 0.2) is 0 Å². The molecule has 1 aliphatic heterocycles. The molecule has 1 saturated heterocycles. The third kappa shape index (κ3) is 5.16. The third-order valence-corrected chi connectivity index (χ3v) is 5.02. The van der Waals surface area contributed by atoms with Gasteiger partial charge in [-0.1, -0.05) is 20.8 Å². The third-order valence-electron chi connectivity index (χ3n) is 3.92. The SMILES string of the molecule is Cc1cc(SC(C)(C)C)ccc1NC(=O)N1CCCC(C(=O)O)C1. The lowest BCUT2D eigenvalue weighted by Gasteiger charge is -2.31. The van der Waals surface area contributed by atoms with Crippen LogP contribution in [0.2, 0.25) is 0 Å². The number of hydrogen-bond donors (Lipinski definition) is 2. The van der Waals surface area contributed by atoms with Crippen LogP contribution in [0.3, 0.4) is 0 Å². The van der Waals surface area contributed by atoms with E-state index in [0.29, 0.717) is 13.0 Å². The Morgan fingerprint density at radius 3 is 2.62 bits per heavy atom. The summed E-state index contributed by atoms with van der Waals surface area (Å²) >= 11 is 1.79. The van der Waals surface area contributed by atoms with Crippen LogP contribution in [0.4, 0.5) is 10.5 Å². The summed E-state index contributed by atoms with van der Waals surface area (Å²) in [4.78, 5) is 26.3. The van der Waals surface area contributed by atoms with Crippen LogP contribution >= 0.6 is 11.8 Å². The average molecular weight is 350 g/mol. The maximum Gasteiger partial charge on any atom is 0.321 e. The largest absolute Gasteiger partial charge is 0.481 e. The number of thioether (sulfide) groups is 1. The van der Waals surface area contributed by atoms with Crippen LogP contribution in [0.5, 0.6) is 0 Å². The molecule has 6 heteroatoms. The summed E-state index contributed by atoms with van der Waals surface area (Å²) in [5.74, 6) is -1.29. The Morgan fingerprint density at radius 1 is 1.33 bits per heavy atom. The van der Waals surface area contributed by atoms with E-state index in [1.807, 2.05) is 19.1 Å². The fourth-order valence-electron chi connectivity index (χ4n) is 2.75. The minimum Gasteiger partial charge on any atom is -0.481 e. The second-order valence-corrected chi connectivity index (χ2v) is 9.14. The lowest BCUT2D eigenvalue weighted by Crippen LogP contribution is -2.44. The van der Waals surface area contributed by atoms with Gasteiger partial charge in [0.1, 0.15) is 0 Å². The number of amides is 2. The molecular formula is C18H26N2O3S. The van der Waals surface area contributed by atoms with Gasteiger partial charge in [-0.2, -0.15) is 0 Å². The second kappa shape index (κ2) is 7.47. The molecule has 1 heterocycles. The number of rotatable bonds is 3. The number of nitrogens with one attached hydrogen (secondary N) is 1. The first-order chi connectivity index (χ1) is 11.2. The van der Waals surface area contributed by atoms with E-state index in [4.69, 9.17) is 5.11 Å². The van der Waals surface area contributed by atoms with Crippen LogP contribution in [-0.2, 0) is 4.79 Å². The number of carbonyl (C=O) groups is 2. The number of piperidine rings is 1. The summed E-state index contributed by atoms with van der Waals surface area (Å²) in [7, 11) is 0. The van der Waals surface area contributed by atoms with Crippen molar-refractivity contribution in [2.45, 2.75) is 50.2 Å². The first-order valence-corrected chi connectivity index (χ1v) is 9.06. The number of aryl methyl sites for hydroxylation is 1. The predicted molar refractivity (Wildman–Crippen MR) is 97.7 cm³/mol. The quantitative estimate of drug-likeness (QED) is 0.801. The summed E-state index contributed by atoms with van der Waals surface area (Å²) < 4.78 is 0.136. The maximum atomic E-state index is 12.4. The Morgan fingerprint density at radius 2 is 2.04 bits per heavy atom. The van der Waals surface area contributed by atoms with E-state index in [9.17, 15) is 9.59 Å². The van der Waals surface area contributed by atoms with E-state index in [1.54, 1.807) is 16.7 Å². The number of likely N-dealkylation sites (tertiary alicyclic amines) is 1. The van der Waals surface area contributed by atoms with Crippen LogP contribution in [0, 0.1) is 12.8 Å². The van der Waals surface area contributed by atoms with E-state index in [0.717, 1.165) is 17.7 Å². The van der Waals surface area contributed by atoms with Crippen LogP contribution in [-0.4, -0.2) is 39.8 Å². The first-order valence-electron chi connectivity index (χ1n) is 8.24. The highest BCUT2D eigenvalue weighted by Gasteiger charge is 2.28. The molecule has 0 saturated carbocycles. The molecule has 1 unspecified atom stereocenters. The molecule has 0 radical (unpaired) electrons. The molecule has 5 nitrogen and oxygen atoms in total. The summed E-state index contributed by atoms with van der Waals surface area (Å²) in [5, 5.41) is 12.0. The normalized spacial score (nSPS) is 18.3. The molecule has 24 heavy (non-hydrogen) atoms. The Kier molecular flexibility index (Phi) is 5.80. The molecule has 1 fully saturated rings. The van der Waals surface area contributed by atoms with Crippen LogP contribution in [0.1, 0.15) is 39.2 Å². The number of carboxylic acids is 1. The molecule has 1 atom stereocenters. The number of anilines is 1. The molecule has 2 N–H and O–H groups in total. The molecule has 0 spiro atoms. The summed E-state index contributed by atoms with van der Waals surface area (Å²) in [6.07, 6.45) is 1.36. The zero-order chi connectivity index (χ0) is 17.9. The highest BCUT2D eigenvalue weighted by atomic mass is 32.2. The van der Waals surface area contributed by atoms with Crippen molar-refractivity contribution in [2.24, 2.45) is 5.92 Å². The average Bonchev–Trinajstić information content (AvgIpc) is 2.48. The molecule has 0 aromatic heterocycles. The molecule has 1 aliphatic rings. The summed E-state index contributed by atoms with van der Waals surface area (Å²) in [6.45, 7) is 9.34. The van der Waals surface area contributed by atoms with Crippen molar-refractivity contribution in [3.63, 3.8) is 0 Å². The van der Waals surface area contributed by atoms with Crippen molar-refractivity contribution < 1.29 is 14.7 Å². The predicted octanol–water partition coefficient (Wildman–Crippen LogP) is 4.21. The molecule has 132 valence electrons. The van der Waals surface area contributed by atoms with Crippen molar-refractivity contribution in [3.05, 3.63) is 23.8 Å². The smallest absolute Gasteiger partial charge is 0.321 e. The van der Waals surface area contributed by atoms with Gasteiger partial charge in [0.2, 0.25) is 0 Å². The maximum absolute atomic E-state index is 12.4. The van der Waals surface area contributed by atoms with Gasteiger partial charge >= 0.3 is 12.0 Å². The lowest BCUT2D eigenvalue weighted by molar-refractivity contribution is -0.143. The van der Waals surface area contributed by atoms with Crippen molar-refractivity contribution in [3.8, 4) is 0 Å². The highest BCUT2D eigenvalue weighted by Crippen LogP contribution is 2.33. The molecule has 0 aliphatic carbocycles. The first kappa shape index (κ1) is 18.6. The van der Waals surface area contributed by atoms with Crippen LogP contribution < -0.4 is 5.32 Å². The van der Waals surface area contributed by atoms with Gasteiger partial charge in [-0.3, -0.25) is 4.79 Å². The molecule has 1 aromatic rings. The standard InChI is InChI=1S/C18H26N2O3S/c1-12-10-14(24-18(2,3)4)7-8-15(12)19-17(23)20-9-5-6-13(11-20)16(21)22/h7-8,10,13H,5-6,9,11H2,1-4H3,(H,19,23)(H,21,22). The molecular weight excluding hydrogens is 324 g/mol. The molecule has 1 aromatic carbocycles. The van der Waals surface area contributed by atoms with E-state index in [-0.39, 0.29) is 17.3 Å². The number of nitrogens with zero attached hydrogens (tertiary/aromatic N) is 1. The minimum absolute atomic E-state index is 0.136. The van der Waals surface area contributed by atoms with Gasteiger partial charge in [-0.25, -0.2) is 4.79 Å². The summed E-state index contributed by atoms with van der Waals surface area (Å²) in [6, 6.07) is 5.77. The zero-order valence-corrected chi connectivity index (χ0v) is 15.6. The molecule has 2 rings (SSSR count). The number of aliphatic carboxylic acids is 1. The Balaban J connectivity index is 2.02. The minimum atomic E-state index is -0.827. The molecule has 2 amide bonds. The number of carbonyl (C=O) groups excluding carboxylic acids is 1. The fourth-order valence-corrected chi connectivity index (χ4v) is 3.83.